The van der Waals surface area contributed by atoms with Crippen molar-refractivity contribution in [2.24, 2.45) is 0 Å². The van der Waals surface area contributed by atoms with Crippen LogP contribution in [0.2, 0.25) is 0 Å². The van der Waals surface area contributed by atoms with E-state index < -0.39 is 11.7 Å². The Morgan fingerprint density at radius 1 is 1.44 bits per heavy atom. The molecule has 0 bridgehead atoms. The molecule has 2 aromatic rings. The van der Waals surface area contributed by atoms with Crippen LogP contribution in [0.4, 0.5) is 10.7 Å². The molecule has 3 N–H and O–H groups in total. The summed E-state index contributed by atoms with van der Waals surface area (Å²) in [7, 11) is 0. The maximum Gasteiger partial charge on any atom is 0.414 e. The summed E-state index contributed by atoms with van der Waals surface area (Å²) >= 11 is 0. The molecule has 0 spiro atoms. The van der Waals surface area contributed by atoms with E-state index in [0.29, 0.717) is 11.0 Å². The van der Waals surface area contributed by atoms with Crippen molar-refractivity contribution < 1.29 is 14.6 Å². The van der Waals surface area contributed by atoms with Gasteiger partial charge >= 0.3 is 6.09 Å². The highest BCUT2D eigenvalue weighted by atomic mass is 16.6. The second-order valence-electron chi connectivity index (χ2n) is 4.91. The molecule has 1 aromatic carbocycles. The summed E-state index contributed by atoms with van der Waals surface area (Å²) in [5, 5.41) is 11.8. The Hall–Kier alpha value is -2.24. The number of rotatable bonds is 1. The van der Waals surface area contributed by atoms with Crippen LogP contribution in [0.25, 0.3) is 11.0 Å². The Bertz CT molecular complexity index is 584. The van der Waals surface area contributed by atoms with Crippen molar-refractivity contribution >= 4 is 23.1 Å². The fourth-order valence-corrected chi connectivity index (χ4v) is 1.46. The number of hydrogen-bond acceptors (Lipinski definition) is 4. The number of aromatic nitrogens is 2. The standard InChI is InChI=1S/C12H15N3O3/c1-12(2,3)18-11(17)15-10-13-8-5-4-7(16)6-9(8)14-10/h4-6,16H,1-3H3,(H2,13,14,15,17). The van der Waals surface area contributed by atoms with Gasteiger partial charge in [0, 0.05) is 6.07 Å². The average Bonchev–Trinajstić information content (AvgIpc) is 2.55. The lowest BCUT2D eigenvalue weighted by Crippen LogP contribution is -2.27. The number of phenols is 1. The number of phenolic OH excluding ortho intramolecular Hbond substituents is 1. The molecule has 0 saturated heterocycles. The van der Waals surface area contributed by atoms with Crippen LogP contribution < -0.4 is 5.32 Å². The molecule has 0 radical (unpaired) electrons. The molecule has 0 aliphatic heterocycles. The Labute approximate surface area is 104 Å². The third kappa shape index (κ3) is 2.91. The Morgan fingerprint density at radius 2 is 2.17 bits per heavy atom. The normalized spacial score (nSPS) is 11.5. The van der Waals surface area contributed by atoms with Crippen molar-refractivity contribution in [3.63, 3.8) is 0 Å². The fourth-order valence-electron chi connectivity index (χ4n) is 1.46. The quantitative estimate of drug-likeness (QED) is 0.725. The number of amides is 1. The third-order valence-corrected chi connectivity index (χ3v) is 2.08. The van der Waals surface area contributed by atoms with E-state index in [4.69, 9.17) is 4.74 Å². The van der Waals surface area contributed by atoms with Crippen molar-refractivity contribution in [3.05, 3.63) is 18.2 Å². The summed E-state index contributed by atoms with van der Waals surface area (Å²) in [6, 6.07) is 4.71. The van der Waals surface area contributed by atoms with Crippen LogP contribution in [-0.4, -0.2) is 26.8 Å². The molecule has 1 aromatic heterocycles. The minimum atomic E-state index is -0.578. The topological polar surface area (TPSA) is 87.2 Å². The lowest BCUT2D eigenvalue weighted by Gasteiger charge is -2.18. The van der Waals surface area contributed by atoms with Gasteiger partial charge < -0.3 is 14.8 Å². The number of benzene rings is 1. The maximum atomic E-state index is 11.5. The number of nitrogens with zero attached hydrogens (tertiary/aromatic N) is 1. The van der Waals surface area contributed by atoms with E-state index in [1.807, 2.05) is 0 Å². The number of carbonyl (C=O) groups is 1. The first-order valence-electron chi connectivity index (χ1n) is 5.52. The molecule has 6 nitrogen and oxygen atoms in total. The molecule has 0 atom stereocenters. The monoisotopic (exact) mass is 249 g/mol. The van der Waals surface area contributed by atoms with Gasteiger partial charge in [-0.05, 0) is 32.9 Å². The Balaban J connectivity index is 2.15. The van der Waals surface area contributed by atoms with Crippen molar-refractivity contribution in [2.45, 2.75) is 26.4 Å². The van der Waals surface area contributed by atoms with E-state index in [1.54, 1.807) is 26.8 Å². The summed E-state index contributed by atoms with van der Waals surface area (Å²) in [5.41, 5.74) is 0.730. The van der Waals surface area contributed by atoms with Crippen LogP contribution in [0.5, 0.6) is 5.75 Å². The zero-order valence-electron chi connectivity index (χ0n) is 10.4. The van der Waals surface area contributed by atoms with E-state index >= 15 is 0 Å². The largest absolute Gasteiger partial charge is 0.508 e. The minimum Gasteiger partial charge on any atom is -0.508 e. The molecule has 0 unspecified atom stereocenters. The number of imidazole rings is 1. The van der Waals surface area contributed by atoms with Gasteiger partial charge in [0.25, 0.3) is 0 Å². The molecular formula is C12H15N3O3. The molecule has 18 heavy (non-hydrogen) atoms. The van der Waals surface area contributed by atoms with Gasteiger partial charge in [0.1, 0.15) is 11.4 Å². The molecular weight excluding hydrogens is 234 g/mol. The van der Waals surface area contributed by atoms with Crippen LogP contribution in [0.3, 0.4) is 0 Å². The molecule has 0 saturated carbocycles. The van der Waals surface area contributed by atoms with Crippen LogP contribution >= 0.6 is 0 Å². The molecule has 6 heteroatoms. The van der Waals surface area contributed by atoms with Gasteiger partial charge in [0.2, 0.25) is 5.95 Å². The van der Waals surface area contributed by atoms with Crippen LogP contribution in [-0.2, 0) is 4.74 Å². The highest BCUT2D eigenvalue weighted by molar-refractivity contribution is 5.86. The number of carbonyl (C=O) groups excluding carboxylic acids is 1. The van der Waals surface area contributed by atoms with E-state index in [2.05, 4.69) is 15.3 Å². The first-order valence-corrected chi connectivity index (χ1v) is 5.52. The predicted molar refractivity (Wildman–Crippen MR) is 67.6 cm³/mol. The van der Waals surface area contributed by atoms with E-state index in [1.165, 1.54) is 12.1 Å². The molecule has 0 fully saturated rings. The number of nitrogens with one attached hydrogen (secondary N) is 2. The van der Waals surface area contributed by atoms with Crippen LogP contribution in [0.1, 0.15) is 20.8 Å². The third-order valence-electron chi connectivity index (χ3n) is 2.08. The van der Waals surface area contributed by atoms with Crippen molar-refractivity contribution in [1.82, 2.24) is 9.97 Å². The highest BCUT2D eigenvalue weighted by Gasteiger charge is 2.17. The summed E-state index contributed by atoms with van der Waals surface area (Å²) in [6.45, 7) is 5.34. The molecule has 96 valence electrons. The number of H-pyrrole nitrogens is 1. The van der Waals surface area contributed by atoms with Gasteiger partial charge in [0.05, 0.1) is 11.0 Å². The van der Waals surface area contributed by atoms with Gasteiger partial charge in [-0.2, -0.15) is 0 Å². The van der Waals surface area contributed by atoms with E-state index in [0.717, 1.165) is 0 Å². The Kier molecular flexibility index (Phi) is 2.86. The van der Waals surface area contributed by atoms with E-state index in [-0.39, 0.29) is 11.7 Å². The summed E-state index contributed by atoms with van der Waals surface area (Å²) < 4.78 is 5.10. The number of anilines is 1. The number of hydrogen-bond donors (Lipinski definition) is 3. The second kappa shape index (κ2) is 4.21. The molecule has 0 aliphatic carbocycles. The molecule has 0 aliphatic rings. The lowest BCUT2D eigenvalue weighted by atomic mass is 10.2. The summed E-state index contributed by atoms with van der Waals surface area (Å²) in [5.74, 6) is 0.416. The maximum absolute atomic E-state index is 11.5. The van der Waals surface area contributed by atoms with E-state index in [9.17, 15) is 9.90 Å². The first kappa shape index (κ1) is 12.2. The van der Waals surface area contributed by atoms with Gasteiger partial charge in [-0.25, -0.2) is 9.78 Å². The zero-order chi connectivity index (χ0) is 13.3. The molecule has 2 rings (SSSR count). The SMILES string of the molecule is CC(C)(C)OC(=O)Nc1nc2ccc(O)cc2[nH]1. The number of ether oxygens (including phenoxy) is 1. The minimum absolute atomic E-state index is 0.134. The van der Waals surface area contributed by atoms with Gasteiger partial charge in [-0.1, -0.05) is 0 Å². The number of aromatic amines is 1. The van der Waals surface area contributed by atoms with Crippen LogP contribution in [0.15, 0.2) is 18.2 Å². The Morgan fingerprint density at radius 3 is 2.83 bits per heavy atom. The predicted octanol–water partition coefficient (Wildman–Crippen LogP) is 2.62. The second-order valence-corrected chi connectivity index (χ2v) is 4.91. The highest BCUT2D eigenvalue weighted by Crippen LogP contribution is 2.19. The van der Waals surface area contributed by atoms with Crippen molar-refractivity contribution in [2.75, 3.05) is 5.32 Å². The van der Waals surface area contributed by atoms with Crippen molar-refractivity contribution in [1.29, 1.82) is 0 Å². The fraction of sp³-hybridized carbons (Fsp3) is 0.333. The summed E-state index contributed by atoms with van der Waals surface area (Å²) in [6.07, 6.45) is -0.578. The zero-order valence-corrected chi connectivity index (χ0v) is 10.4. The number of fused-ring (bicyclic) bond motifs is 1. The summed E-state index contributed by atoms with van der Waals surface area (Å²) in [4.78, 5) is 18.5. The number of aromatic hydroxyl groups is 1. The van der Waals surface area contributed by atoms with Gasteiger partial charge in [-0.3, -0.25) is 5.32 Å². The smallest absolute Gasteiger partial charge is 0.414 e. The first-order chi connectivity index (χ1) is 8.33. The molecule has 1 amide bonds. The van der Waals surface area contributed by atoms with Gasteiger partial charge in [-0.15, -0.1) is 0 Å². The van der Waals surface area contributed by atoms with Crippen LogP contribution in [0, 0.1) is 0 Å². The van der Waals surface area contributed by atoms with Crippen molar-refractivity contribution in [3.8, 4) is 5.75 Å². The lowest BCUT2D eigenvalue weighted by molar-refractivity contribution is 0.0635. The van der Waals surface area contributed by atoms with Gasteiger partial charge in [0.15, 0.2) is 0 Å². The molecule has 1 heterocycles. The average molecular weight is 249 g/mol.